The van der Waals surface area contributed by atoms with E-state index in [0.29, 0.717) is 0 Å². The number of carbonyl (C=O) groups is 1. The van der Waals surface area contributed by atoms with E-state index in [4.69, 9.17) is 0 Å². The van der Waals surface area contributed by atoms with E-state index in [0.717, 1.165) is 0 Å². The Morgan fingerprint density at radius 2 is 1.24 bits per heavy atom. The lowest BCUT2D eigenvalue weighted by Crippen LogP contribution is -2.60. The van der Waals surface area contributed by atoms with E-state index in [1.165, 1.54) is 0 Å². The fourth-order valence-electron chi connectivity index (χ4n) is 1.76. The van der Waals surface area contributed by atoms with Crippen molar-refractivity contribution in [3.05, 3.63) is 0 Å². The Balaban J connectivity index is 3.08. The number of alkyl halides is 7. The summed E-state index contributed by atoms with van der Waals surface area (Å²) in [5, 5.41) is 10.2. The second kappa shape index (κ2) is 4.34. The van der Waals surface area contributed by atoms with Gasteiger partial charge >= 0.3 is 6.18 Å². The van der Waals surface area contributed by atoms with Gasteiger partial charge in [-0.05, 0) is 0 Å². The lowest BCUT2D eigenvalue weighted by molar-refractivity contribution is -0.323. The lowest BCUT2D eigenvalue weighted by Gasteiger charge is -2.40. The van der Waals surface area contributed by atoms with E-state index in [1.54, 1.807) is 0 Å². The van der Waals surface area contributed by atoms with Crippen molar-refractivity contribution < 1.29 is 40.6 Å². The van der Waals surface area contributed by atoms with Gasteiger partial charge < -0.3 is 9.90 Å². The molecule has 1 aliphatic rings. The minimum atomic E-state index is -5.50. The SMILES string of the molecule is O=C([O-])C1C(F)C(F)C(C(F)(F)F)C(F)C1F. The van der Waals surface area contributed by atoms with Crippen molar-refractivity contribution in [2.45, 2.75) is 30.9 Å². The zero-order chi connectivity index (χ0) is 13.5. The molecular weight excluding hydrogens is 261 g/mol. The minimum Gasteiger partial charge on any atom is -0.550 e. The second-order valence-corrected chi connectivity index (χ2v) is 3.69. The van der Waals surface area contributed by atoms with Gasteiger partial charge in [-0.1, -0.05) is 0 Å². The smallest absolute Gasteiger partial charge is 0.397 e. The molecule has 0 bridgehead atoms. The van der Waals surface area contributed by atoms with Gasteiger partial charge in [0.1, 0.15) is 30.6 Å². The van der Waals surface area contributed by atoms with Crippen molar-refractivity contribution in [1.29, 1.82) is 0 Å². The van der Waals surface area contributed by atoms with E-state index in [2.05, 4.69) is 0 Å². The van der Waals surface area contributed by atoms with Crippen LogP contribution < -0.4 is 5.11 Å². The summed E-state index contributed by atoms with van der Waals surface area (Å²) in [6.07, 6.45) is -19.0. The van der Waals surface area contributed by atoms with Crippen LogP contribution in [0.2, 0.25) is 0 Å². The van der Waals surface area contributed by atoms with Crippen molar-refractivity contribution in [1.82, 2.24) is 0 Å². The van der Waals surface area contributed by atoms with Gasteiger partial charge in [0.05, 0.1) is 11.9 Å². The average molecular weight is 267 g/mol. The van der Waals surface area contributed by atoms with Crippen molar-refractivity contribution in [2.75, 3.05) is 0 Å². The van der Waals surface area contributed by atoms with E-state index < -0.39 is 48.7 Å². The summed E-state index contributed by atoms with van der Waals surface area (Å²) in [6, 6.07) is 0. The van der Waals surface area contributed by atoms with Gasteiger partial charge in [-0.2, -0.15) is 13.2 Å². The molecule has 2 nitrogen and oxygen atoms in total. The number of aliphatic carboxylic acids is 1. The van der Waals surface area contributed by atoms with Crippen LogP contribution in [0.4, 0.5) is 30.7 Å². The predicted molar refractivity (Wildman–Crippen MR) is 37.6 cm³/mol. The molecule has 0 aromatic carbocycles. The van der Waals surface area contributed by atoms with Gasteiger partial charge in [0.25, 0.3) is 0 Å². The maximum absolute atomic E-state index is 13.0. The van der Waals surface area contributed by atoms with E-state index in [9.17, 15) is 40.6 Å². The van der Waals surface area contributed by atoms with E-state index in [1.807, 2.05) is 0 Å². The molecule has 4 atom stereocenters. The molecule has 1 rings (SSSR count). The minimum absolute atomic E-state index is 2.46. The van der Waals surface area contributed by atoms with E-state index in [-0.39, 0.29) is 0 Å². The van der Waals surface area contributed by atoms with Crippen LogP contribution in [0, 0.1) is 11.8 Å². The van der Waals surface area contributed by atoms with Crippen molar-refractivity contribution >= 4 is 5.97 Å². The molecule has 1 saturated carbocycles. The monoisotopic (exact) mass is 267 g/mol. The Bertz CT molecular complexity index is 289. The predicted octanol–water partition coefficient (Wildman–Crippen LogP) is 0.897. The molecule has 4 unspecified atom stereocenters. The van der Waals surface area contributed by atoms with Gasteiger partial charge in [0, 0.05) is 0 Å². The van der Waals surface area contributed by atoms with Gasteiger partial charge in [-0.3, -0.25) is 0 Å². The van der Waals surface area contributed by atoms with Gasteiger partial charge in [0.15, 0.2) is 0 Å². The Hall–Kier alpha value is -1.02. The number of carboxylic acid groups (broad SMARTS) is 1. The molecule has 0 heterocycles. The van der Waals surface area contributed by atoms with Gasteiger partial charge in [-0.25, -0.2) is 17.6 Å². The summed E-state index contributed by atoms with van der Waals surface area (Å²) in [5.41, 5.74) is 0. The lowest BCUT2D eigenvalue weighted by atomic mass is 9.76. The maximum atomic E-state index is 13.0. The quantitative estimate of drug-likeness (QED) is 0.662. The number of carboxylic acids is 1. The van der Waals surface area contributed by atoms with Crippen molar-refractivity contribution in [2.24, 2.45) is 11.8 Å². The third kappa shape index (κ3) is 2.32. The van der Waals surface area contributed by atoms with Crippen LogP contribution in [0.25, 0.3) is 0 Å². The molecule has 100 valence electrons. The Kier molecular flexibility index (Phi) is 3.58. The molecule has 0 spiro atoms. The van der Waals surface area contributed by atoms with Crippen LogP contribution in [0.3, 0.4) is 0 Å². The molecule has 1 aliphatic carbocycles. The Morgan fingerprint density at radius 1 is 0.882 bits per heavy atom. The highest BCUT2D eigenvalue weighted by Crippen LogP contribution is 2.45. The standard InChI is InChI=1S/C8H7F7O2/c9-3-1(7(16)17)4(10)6(12)2(5(3)11)8(13,14)15/h1-6H,(H,16,17)/p-1. The molecule has 0 N–H and O–H groups in total. The zero-order valence-electron chi connectivity index (χ0n) is 7.93. The normalized spacial score (nSPS) is 43.5. The molecule has 0 aromatic rings. The second-order valence-electron chi connectivity index (χ2n) is 3.69. The number of hydrogen-bond acceptors (Lipinski definition) is 2. The fraction of sp³-hybridized carbons (Fsp3) is 0.875. The molecule has 17 heavy (non-hydrogen) atoms. The topological polar surface area (TPSA) is 40.1 Å². The van der Waals surface area contributed by atoms with Crippen LogP contribution in [-0.2, 0) is 4.79 Å². The summed E-state index contributed by atoms with van der Waals surface area (Å²) >= 11 is 0. The Labute approximate surface area is 90.4 Å². The number of rotatable bonds is 1. The maximum Gasteiger partial charge on any atom is 0.397 e. The van der Waals surface area contributed by atoms with Crippen LogP contribution in [-0.4, -0.2) is 36.8 Å². The van der Waals surface area contributed by atoms with Crippen molar-refractivity contribution in [3.63, 3.8) is 0 Å². The van der Waals surface area contributed by atoms with Crippen LogP contribution in [0.1, 0.15) is 0 Å². The number of carbonyl (C=O) groups excluding carboxylic acids is 1. The highest BCUT2D eigenvalue weighted by Gasteiger charge is 2.62. The molecule has 0 amide bonds. The number of halogens is 7. The van der Waals surface area contributed by atoms with Gasteiger partial charge in [0.2, 0.25) is 0 Å². The zero-order valence-corrected chi connectivity index (χ0v) is 7.93. The molecule has 0 saturated heterocycles. The fourth-order valence-corrected chi connectivity index (χ4v) is 1.76. The Morgan fingerprint density at radius 3 is 1.47 bits per heavy atom. The third-order valence-electron chi connectivity index (χ3n) is 2.63. The molecule has 9 heteroatoms. The van der Waals surface area contributed by atoms with Crippen LogP contribution in [0.15, 0.2) is 0 Å². The first-order chi connectivity index (χ1) is 7.59. The highest BCUT2D eigenvalue weighted by atomic mass is 19.4. The average Bonchev–Trinajstić information content (AvgIpc) is 2.12. The van der Waals surface area contributed by atoms with Crippen molar-refractivity contribution in [3.8, 4) is 0 Å². The first-order valence-electron chi connectivity index (χ1n) is 4.43. The summed E-state index contributed by atoms with van der Waals surface area (Å²) in [5.74, 6) is -8.85. The van der Waals surface area contributed by atoms with Crippen LogP contribution >= 0.6 is 0 Å². The molecule has 1 fully saturated rings. The first-order valence-corrected chi connectivity index (χ1v) is 4.43. The first kappa shape index (κ1) is 14.0. The van der Waals surface area contributed by atoms with Crippen LogP contribution in [0.5, 0.6) is 0 Å². The summed E-state index contributed by atoms with van der Waals surface area (Å²) in [6.45, 7) is 0. The molecule has 0 radical (unpaired) electrons. The summed E-state index contributed by atoms with van der Waals surface area (Å²) < 4.78 is 88.4. The molecule has 0 aliphatic heterocycles. The van der Waals surface area contributed by atoms with E-state index >= 15 is 0 Å². The van der Waals surface area contributed by atoms with Gasteiger partial charge in [-0.15, -0.1) is 0 Å². The third-order valence-corrected chi connectivity index (χ3v) is 2.63. The highest BCUT2D eigenvalue weighted by molar-refractivity contribution is 5.69. The largest absolute Gasteiger partial charge is 0.550 e. The molecular formula is C8H6F7O2-. The number of hydrogen-bond donors (Lipinski definition) is 0. The summed E-state index contributed by atoms with van der Waals surface area (Å²) in [7, 11) is 0. The summed E-state index contributed by atoms with van der Waals surface area (Å²) in [4.78, 5) is 10.2. The molecule has 0 aromatic heterocycles.